The van der Waals surface area contributed by atoms with E-state index in [9.17, 15) is 9.18 Å². The third-order valence-electron chi connectivity index (χ3n) is 2.33. The van der Waals surface area contributed by atoms with E-state index in [1.807, 2.05) is 0 Å². The molecule has 0 fully saturated rings. The van der Waals surface area contributed by atoms with Crippen molar-refractivity contribution in [2.75, 3.05) is 5.32 Å². The van der Waals surface area contributed by atoms with Crippen LogP contribution >= 0.6 is 0 Å². The minimum atomic E-state index is -1.31. The standard InChI is InChI=1S/C12H10FN3O2/c13-9-2-1-3-10(11(9)12(17)18)15-6-8-4-5-14-7-16-8/h1-5,7,15H,6H2,(H,17,18). The highest BCUT2D eigenvalue weighted by Crippen LogP contribution is 2.19. The molecule has 1 aromatic heterocycles. The van der Waals surface area contributed by atoms with Crippen LogP contribution in [0.2, 0.25) is 0 Å². The van der Waals surface area contributed by atoms with Gasteiger partial charge >= 0.3 is 5.97 Å². The number of benzene rings is 1. The average molecular weight is 247 g/mol. The predicted octanol–water partition coefficient (Wildman–Crippen LogP) is 1.93. The van der Waals surface area contributed by atoms with Crippen LogP contribution in [0.1, 0.15) is 16.1 Å². The van der Waals surface area contributed by atoms with Gasteiger partial charge < -0.3 is 10.4 Å². The lowest BCUT2D eigenvalue weighted by Gasteiger charge is -2.09. The molecule has 0 aliphatic carbocycles. The maximum atomic E-state index is 13.4. The number of hydrogen-bond donors (Lipinski definition) is 2. The number of carboxylic acids is 1. The first-order valence-electron chi connectivity index (χ1n) is 5.19. The maximum absolute atomic E-state index is 13.4. The Morgan fingerprint density at radius 3 is 2.89 bits per heavy atom. The Kier molecular flexibility index (Phi) is 3.47. The SMILES string of the molecule is O=C(O)c1c(F)cccc1NCc1ccncn1. The van der Waals surface area contributed by atoms with Gasteiger partial charge in [0.05, 0.1) is 17.9 Å². The lowest BCUT2D eigenvalue weighted by Crippen LogP contribution is -2.09. The molecule has 0 radical (unpaired) electrons. The van der Waals surface area contributed by atoms with Crippen molar-refractivity contribution in [3.8, 4) is 0 Å². The van der Waals surface area contributed by atoms with Crippen LogP contribution < -0.4 is 5.32 Å². The third kappa shape index (κ3) is 2.60. The van der Waals surface area contributed by atoms with Crippen molar-refractivity contribution in [1.82, 2.24) is 9.97 Å². The zero-order chi connectivity index (χ0) is 13.0. The minimum absolute atomic E-state index is 0.223. The topological polar surface area (TPSA) is 75.1 Å². The van der Waals surface area contributed by atoms with Gasteiger partial charge in [-0.15, -0.1) is 0 Å². The number of nitrogens with zero attached hydrogens (tertiary/aromatic N) is 2. The lowest BCUT2D eigenvalue weighted by molar-refractivity contribution is 0.0693. The van der Waals surface area contributed by atoms with Crippen LogP contribution in [0.25, 0.3) is 0 Å². The van der Waals surface area contributed by atoms with E-state index in [0.717, 1.165) is 6.07 Å². The quantitative estimate of drug-likeness (QED) is 0.863. The van der Waals surface area contributed by atoms with Crippen LogP contribution in [0.15, 0.2) is 36.8 Å². The van der Waals surface area contributed by atoms with Crippen molar-refractivity contribution < 1.29 is 14.3 Å². The monoisotopic (exact) mass is 247 g/mol. The molecule has 1 aromatic carbocycles. The van der Waals surface area contributed by atoms with Crippen LogP contribution in [-0.4, -0.2) is 21.0 Å². The molecule has 5 nitrogen and oxygen atoms in total. The summed E-state index contributed by atoms with van der Waals surface area (Å²) in [5, 5.41) is 11.8. The highest BCUT2D eigenvalue weighted by atomic mass is 19.1. The number of aromatic nitrogens is 2. The molecule has 1 heterocycles. The molecule has 2 rings (SSSR count). The van der Waals surface area contributed by atoms with Crippen molar-refractivity contribution in [2.24, 2.45) is 0 Å². The van der Waals surface area contributed by atoms with Gasteiger partial charge in [0.15, 0.2) is 0 Å². The largest absolute Gasteiger partial charge is 0.478 e. The van der Waals surface area contributed by atoms with Crippen LogP contribution in [0.3, 0.4) is 0 Å². The molecule has 92 valence electrons. The van der Waals surface area contributed by atoms with Gasteiger partial charge in [-0.25, -0.2) is 19.2 Å². The first-order chi connectivity index (χ1) is 8.68. The van der Waals surface area contributed by atoms with Gasteiger partial charge in [0.2, 0.25) is 0 Å². The van der Waals surface area contributed by atoms with Gasteiger partial charge in [-0.2, -0.15) is 0 Å². The second kappa shape index (κ2) is 5.22. The van der Waals surface area contributed by atoms with E-state index < -0.39 is 11.8 Å². The van der Waals surface area contributed by atoms with Gasteiger partial charge in [0.25, 0.3) is 0 Å². The zero-order valence-corrected chi connectivity index (χ0v) is 9.30. The summed E-state index contributed by atoms with van der Waals surface area (Å²) >= 11 is 0. The van der Waals surface area contributed by atoms with Crippen LogP contribution in [-0.2, 0) is 6.54 Å². The predicted molar refractivity (Wildman–Crippen MR) is 62.7 cm³/mol. The van der Waals surface area contributed by atoms with Gasteiger partial charge in [-0.3, -0.25) is 0 Å². The molecule has 0 spiro atoms. The number of hydrogen-bond acceptors (Lipinski definition) is 4. The van der Waals surface area contributed by atoms with Crippen molar-refractivity contribution in [3.63, 3.8) is 0 Å². The van der Waals surface area contributed by atoms with Crippen molar-refractivity contribution >= 4 is 11.7 Å². The van der Waals surface area contributed by atoms with Gasteiger partial charge in [0, 0.05) is 6.20 Å². The summed E-state index contributed by atoms with van der Waals surface area (Å²) in [7, 11) is 0. The molecule has 0 atom stereocenters. The van der Waals surface area contributed by atoms with Gasteiger partial charge in [-0.1, -0.05) is 6.07 Å². The molecule has 2 aromatic rings. The molecule has 0 aliphatic rings. The molecular weight excluding hydrogens is 237 g/mol. The smallest absolute Gasteiger partial charge is 0.340 e. The highest BCUT2D eigenvalue weighted by molar-refractivity contribution is 5.94. The van der Waals surface area contributed by atoms with Crippen molar-refractivity contribution in [2.45, 2.75) is 6.54 Å². The Morgan fingerprint density at radius 2 is 2.22 bits per heavy atom. The number of halogens is 1. The number of carbonyl (C=O) groups is 1. The van der Waals surface area contributed by atoms with Gasteiger partial charge in [-0.05, 0) is 18.2 Å². The molecule has 18 heavy (non-hydrogen) atoms. The number of carboxylic acid groups (broad SMARTS) is 1. The second-order valence-corrected chi connectivity index (χ2v) is 3.52. The number of aromatic carboxylic acids is 1. The lowest BCUT2D eigenvalue weighted by atomic mass is 10.1. The zero-order valence-electron chi connectivity index (χ0n) is 9.30. The number of nitrogens with one attached hydrogen (secondary N) is 1. The van der Waals surface area contributed by atoms with E-state index in [2.05, 4.69) is 15.3 Å². The molecule has 0 saturated carbocycles. The van der Waals surface area contributed by atoms with E-state index in [1.54, 1.807) is 12.3 Å². The number of anilines is 1. The molecular formula is C12H10FN3O2. The number of rotatable bonds is 4. The highest BCUT2D eigenvalue weighted by Gasteiger charge is 2.15. The molecule has 0 bridgehead atoms. The van der Waals surface area contributed by atoms with E-state index in [1.165, 1.54) is 18.5 Å². The van der Waals surface area contributed by atoms with E-state index >= 15 is 0 Å². The van der Waals surface area contributed by atoms with Crippen LogP contribution in [0.5, 0.6) is 0 Å². The minimum Gasteiger partial charge on any atom is -0.478 e. The fourth-order valence-electron chi connectivity index (χ4n) is 1.50. The Labute approximate surface area is 102 Å². The molecule has 2 N–H and O–H groups in total. The van der Waals surface area contributed by atoms with Crippen LogP contribution in [0, 0.1) is 5.82 Å². The summed E-state index contributed by atoms with van der Waals surface area (Å²) in [6, 6.07) is 5.75. The Balaban J connectivity index is 2.20. The first-order valence-corrected chi connectivity index (χ1v) is 5.19. The molecule has 6 heteroatoms. The Hall–Kier alpha value is -2.50. The Bertz CT molecular complexity index is 561. The summed E-state index contributed by atoms with van der Waals surface area (Å²) in [6.45, 7) is 0.298. The van der Waals surface area contributed by atoms with Gasteiger partial charge in [0.1, 0.15) is 17.7 Å². The average Bonchev–Trinajstić information content (AvgIpc) is 2.37. The summed E-state index contributed by atoms with van der Waals surface area (Å²) in [5.41, 5.74) is 0.540. The van der Waals surface area contributed by atoms with Crippen LogP contribution in [0.4, 0.5) is 10.1 Å². The van der Waals surface area contributed by atoms with Crippen molar-refractivity contribution in [1.29, 1.82) is 0 Å². The molecule has 0 saturated heterocycles. The second-order valence-electron chi connectivity index (χ2n) is 3.52. The fourth-order valence-corrected chi connectivity index (χ4v) is 1.50. The van der Waals surface area contributed by atoms with Crippen molar-refractivity contribution in [3.05, 3.63) is 53.9 Å². The summed E-state index contributed by atoms with van der Waals surface area (Å²) in [5.74, 6) is -2.08. The van der Waals surface area contributed by atoms with E-state index in [-0.39, 0.29) is 11.3 Å². The molecule has 0 amide bonds. The molecule has 0 unspecified atom stereocenters. The van der Waals surface area contributed by atoms with E-state index in [4.69, 9.17) is 5.11 Å². The normalized spacial score (nSPS) is 10.1. The maximum Gasteiger partial charge on any atom is 0.340 e. The Morgan fingerprint density at radius 1 is 1.39 bits per heavy atom. The summed E-state index contributed by atoms with van der Waals surface area (Å²) < 4.78 is 13.4. The third-order valence-corrected chi connectivity index (χ3v) is 2.33. The van der Waals surface area contributed by atoms with E-state index in [0.29, 0.717) is 12.2 Å². The summed E-state index contributed by atoms with van der Waals surface area (Å²) in [6.07, 6.45) is 2.97. The first kappa shape index (κ1) is 12.0. The fraction of sp³-hybridized carbons (Fsp3) is 0.0833. The summed E-state index contributed by atoms with van der Waals surface area (Å²) in [4.78, 5) is 18.7. The molecule has 0 aliphatic heterocycles.